The summed E-state index contributed by atoms with van der Waals surface area (Å²) < 4.78 is 6.59. The molecule has 0 aliphatic heterocycles. The van der Waals surface area contributed by atoms with E-state index in [9.17, 15) is 9.59 Å². The first kappa shape index (κ1) is 22.1. The van der Waals surface area contributed by atoms with Crippen molar-refractivity contribution in [1.29, 1.82) is 0 Å². The zero-order valence-corrected chi connectivity index (χ0v) is 19.0. The van der Waals surface area contributed by atoms with Crippen LogP contribution in [0.5, 0.6) is 5.75 Å². The van der Waals surface area contributed by atoms with Crippen LogP contribution in [0.4, 0.5) is 5.82 Å². The fraction of sp³-hybridized carbons (Fsp3) is 0.0741. The molecule has 5 aromatic rings. The van der Waals surface area contributed by atoms with Gasteiger partial charge in [-0.25, -0.2) is 0 Å². The highest BCUT2D eigenvalue weighted by molar-refractivity contribution is 5.97. The third-order valence-corrected chi connectivity index (χ3v) is 5.72. The largest absolute Gasteiger partial charge is 0.497 e. The standard InChI is InChI=1S/C27H23N5O3/c1-35-20-14-12-18(13-15-20)23-25(29-21(33)16-28)30-26-22(17-8-4-2-5-9-17)24(31-32(26)27(23)34)19-10-6-3-7-11-19/h2-15,30H,16,28H2,1H3,(H,29,33). The van der Waals surface area contributed by atoms with Crippen LogP contribution in [0.2, 0.25) is 0 Å². The number of H-pyrrole nitrogens is 1. The predicted molar refractivity (Wildman–Crippen MR) is 136 cm³/mol. The van der Waals surface area contributed by atoms with Crippen LogP contribution in [0.1, 0.15) is 0 Å². The molecule has 8 nitrogen and oxygen atoms in total. The third kappa shape index (κ3) is 4.07. The number of rotatable bonds is 6. The van der Waals surface area contributed by atoms with Crippen molar-refractivity contribution in [1.82, 2.24) is 14.6 Å². The average molecular weight is 466 g/mol. The topological polar surface area (TPSA) is 115 Å². The van der Waals surface area contributed by atoms with E-state index in [0.717, 1.165) is 16.7 Å². The molecule has 0 bridgehead atoms. The molecule has 0 unspecified atom stereocenters. The fourth-order valence-corrected chi connectivity index (χ4v) is 4.06. The molecule has 35 heavy (non-hydrogen) atoms. The second-order valence-electron chi connectivity index (χ2n) is 7.88. The monoisotopic (exact) mass is 465 g/mol. The Morgan fingerprint density at radius 2 is 1.51 bits per heavy atom. The van der Waals surface area contributed by atoms with Crippen molar-refractivity contribution in [2.24, 2.45) is 5.73 Å². The van der Waals surface area contributed by atoms with Crippen molar-refractivity contribution >= 4 is 17.4 Å². The van der Waals surface area contributed by atoms with Crippen LogP contribution in [0.25, 0.3) is 39.2 Å². The van der Waals surface area contributed by atoms with E-state index in [1.165, 1.54) is 4.52 Å². The summed E-state index contributed by atoms with van der Waals surface area (Å²) in [5.74, 6) is 0.472. The molecule has 3 aromatic carbocycles. The van der Waals surface area contributed by atoms with Gasteiger partial charge in [-0.2, -0.15) is 9.61 Å². The third-order valence-electron chi connectivity index (χ3n) is 5.72. The molecule has 0 spiro atoms. The number of methoxy groups -OCH3 is 1. The van der Waals surface area contributed by atoms with Gasteiger partial charge in [-0.3, -0.25) is 9.59 Å². The Balaban J connectivity index is 1.85. The molecule has 174 valence electrons. The van der Waals surface area contributed by atoms with E-state index in [-0.39, 0.29) is 23.5 Å². The molecule has 0 aliphatic carbocycles. The zero-order chi connectivity index (χ0) is 24.4. The quantitative estimate of drug-likeness (QED) is 0.352. The molecule has 0 radical (unpaired) electrons. The van der Waals surface area contributed by atoms with E-state index < -0.39 is 5.91 Å². The van der Waals surface area contributed by atoms with Gasteiger partial charge in [0.2, 0.25) is 5.91 Å². The molecule has 0 atom stereocenters. The smallest absolute Gasteiger partial charge is 0.284 e. The SMILES string of the molecule is COc1ccc(-c2c(NC(=O)CN)[nH]c3c(-c4ccccc4)c(-c4ccccc4)nn3c2=O)cc1. The van der Waals surface area contributed by atoms with Crippen LogP contribution in [0, 0.1) is 0 Å². The molecule has 5 rings (SSSR count). The van der Waals surface area contributed by atoms with Gasteiger partial charge in [0, 0.05) is 5.56 Å². The maximum Gasteiger partial charge on any atom is 0.284 e. The molecule has 0 aliphatic rings. The molecular weight excluding hydrogens is 442 g/mol. The summed E-state index contributed by atoms with van der Waals surface area (Å²) in [6.45, 7) is -0.227. The van der Waals surface area contributed by atoms with Crippen molar-refractivity contribution in [3.05, 3.63) is 95.3 Å². The number of amides is 1. The van der Waals surface area contributed by atoms with Gasteiger partial charge in [-0.15, -0.1) is 0 Å². The Hall–Kier alpha value is -4.69. The second kappa shape index (κ2) is 9.28. The molecule has 8 heteroatoms. The summed E-state index contributed by atoms with van der Waals surface area (Å²) in [4.78, 5) is 29.4. The maximum atomic E-state index is 13.9. The Morgan fingerprint density at radius 1 is 0.914 bits per heavy atom. The van der Waals surface area contributed by atoms with Crippen molar-refractivity contribution in [3.8, 4) is 39.3 Å². The van der Waals surface area contributed by atoms with Gasteiger partial charge >= 0.3 is 0 Å². The lowest BCUT2D eigenvalue weighted by Gasteiger charge is -2.12. The first-order valence-electron chi connectivity index (χ1n) is 11.0. The molecule has 2 aromatic heterocycles. The number of aromatic amines is 1. The minimum Gasteiger partial charge on any atom is -0.497 e. The highest BCUT2D eigenvalue weighted by atomic mass is 16.5. The van der Waals surface area contributed by atoms with Crippen molar-refractivity contribution in [2.45, 2.75) is 0 Å². The Morgan fingerprint density at radius 3 is 2.11 bits per heavy atom. The van der Waals surface area contributed by atoms with E-state index in [0.29, 0.717) is 22.7 Å². The summed E-state index contributed by atoms with van der Waals surface area (Å²) in [7, 11) is 1.57. The summed E-state index contributed by atoms with van der Waals surface area (Å²) in [6.07, 6.45) is 0. The van der Waals surface area contributed by atoms with Crippen molar-refractivity contribution < 1.29 is 9.53 Å². The minimum absolute atomic E-state index is 0.227. The van der Waals surface area contributed by atoms with Crippen LogP contribution in [-0.4, -0.2) is 34.2 Å². The average Bonchev–Trinajstić information content (AvgIpc) is 3.30. The van der Waals surface area contributed by atoms with Gasteiger partial charge in [0.05, 0.1) is 24.8 Å². The Kier molecular flexibility index (Phi) is 5.87. The number of aromatic nitrogens is 3. The van der Waals surface area contributed by atoms with Crippen molar-refractivity contribution in [3.63, 3.8) is 0 Å². The summed E-state index contributed by atoms with van der Waals surface area (Å²) in [5, 5.41) is 7.49. The van der Waals surface area contributed by atoms with Gasteiger partial charge in [0.25, 0.3) is 5.56 Å². The lowest BCUT2D eigenvalue weighted by molar-refractivity contribution is -0.114. The highest BCUT2D eigenvalue weighted by Crippen LogP contribution is 2.35. The van der Waals surface area contributed by atoms with Crippen molar-refractivity contribution in [2.75, 3.05) is 19.0 Å². The number of nitrogens with one attached hydrogen (secondary N) is 2. The van der Waals surface area contributed by atoms with Crippen LogP contribution in [0.15, 0.2) is 89.7 Å². The van der Waals surface area contributed by atoms with Crippen LogP contribution < -0.4 is 21.3 Å². The molecule has 0 fully saturated rings. The van der Waals surface area contributed by atoms with Crippen LogP contribution in [0.3, 0.4) is 0 Å². The number of hydrogen-bond donors (Lipinski definition) is 3. The number of benzene rings is 3. The van der Waals surface area contributed by atoms with E-state index in [1.807, 2.05) is 60.7 Å². The normalized spacial score (nSPS) is 10.9. The number of hydrogen-bond acceptors (Lipinski definition) is 5. The van der Waals surface area contributed by atoms with Crippen LogP contribution in [-0.2, 0) is 4.79 Å². The van der Waals surface area contributed by atoms with Gasteiger partial charge in [0.15, 0.2) is 0 Å². The zero-order valence-electron chi connectivity index (χ0n) is 19.0. The molecular formula is C27H23N5O3. The Labute approximate surface area is 201 Å². The van der Waals surface area contributed by atoms with Gasteiger partial charge in [0.1, 0.15) is 22.9 Å². The number of ether oxygens (including phenoxy) is 1. The van der Waals surface area contributed by atoms with Gasteiger partial charge < -0.3 is 20.8 Å². The molecule has 0 saturated heterocycles. The number of anilines is 1. The summed E-state index contributed by atoms with van der Waals surface area (Å²) in [6, 6.07) is 26.4. The lowest BCUT2D eigenvalue weighted by Crippen LogP contribution is -2.26. The fourth-order valence-electron chi connectivity index (χ4n) is 4.06. The van der Waals surface area contributed by atoms with Crippen LogP contribution >= 0.6 is 0 Å². The number of fused-ring (bicyclic) bond motifs is 1. The highest BCUT2D eigenvalue weighted by Gasteiger charge is 2.23. The number of carbonyl (C=O) groups is 1. The van der Waals surface area contributed by atoms with E-state index >= 15 is 0 Å². The molecule has 4 N–H and O–H groups in total. The Bertz CT molecular complexity index is 1560. The van der Waals surface area contributed by atoms with E-state index in [2.05, 4.69) is 10.3 Å². The number of carbonyl (C=O) groups excluding carboxylic acids is 1. The van der Waals surface area contributed by atoms with E-state index in [4.69, 9.17) is 15.6 Å². The summed E-state index contributed by atoms with van der Waals surface area (Å²) >= 11 is 0. The molecule has 0 saturated carbocycles. The molecule has 2 heterocycles. The predicted octanol–water partition coefficient (Wildman–Crippen LogP) is 3.93. The first-order chi connectivity index (χ1) is 17.1. The molecule has 1 amide bonds. The van der Waals surface area contributed by atoms with Gasteiger partial charge in [-0.1, -0.05) is 72.8 Å². The first-order valence-corrected chi connectivity index (χ1v) is 11.0. The number of nitrogens with zero attached hydrogens (tertiary/aromatic N) is 2. The second-order valence-corrected chi connectivity index (χ2v) is 7.88. The summed E-state index contributed by atoms with van der Waals surface area (Å²) in [5.41, 5.74) is 9.64. The number of nitrogens with two attached hydrogens (primary N) is 1. The maximum absolute atomic E-state index is 13.9. The van der Waals surface area contributed by atoms with Gasteiger partial charge in [-0.05, 0) is 23.3 Å². The lowest BCUT2D eigenvalue weighted by atomic mass is 10.0. The van der Waals surface area contributed by atoms with E-state index in [1.54, 1.807) is 31.4 Å². The minimum atomic E-state index is -0.427.